The van der Waals surface area contributed by atoms with Gasteiger partial charge in [0.2, 0.25) is 11.8 Å². The van der Waals surface area contributed by atoms with Gasteiger partial charge in [0.1, 0.15) is 5.41 Å². The molecule has 2 amide bonds. The normalized spacial score (nSPS) is 19.2. The van der Waals surface area contributed by atoms with Crippen molar-refractivity contribution in [1.82, 2.24) is 9.80 Å². The SMILES string of the molecule is CC(C)N(Cc1ccccc1)C(=O)C(C)(C)C(=O)N1CCC2(CC1)OCCO2. The molecule has 0 unspecified atom stereocenters. The summed E-state index contributed by atoms with van der Waals surface area (Å²) in [6.45, 7) is 10.3. The Labute approximate surface area is 167 Å². The van der Waals surface area contributed by atoms with Crippen LogP contribution in [-0.4, -0.2) is 59.7 Å². The van der Waals surface area contributed by atoms with Gasteiger partial charge in [-0.15, -0.1) is 0 Å². The molecule has 2 heterocycles. The Balaban J connectivity index is 1.68. The zero-order valence-electron chi connectivity index (χ0n) is 17.4. The van der Waals surface area contributed by atoms with Crippen molar-refractivity contribution >= 4 is 11.8 Å². The summed E-state index contributed by atoms with van der Waals surface area (Å²) in [6.07, 6.45) is 1.31. The third kappa shape index (κ3) is 4.23. The van der Waals surface area contributed by atoms with E-state index in [-0.39, 0.29) is 17.9 Å². The highest BCUT2D eigenvalue weighted by molar-refractivity contribution is 6.04. The highest BCUT2D eigenvalue weighted by atomic mass is 16.7. The Morgan fingerprint density at radius 2 is 1.68 bits per heavy atom. The van der Waals surface area contributed by atoms with Crippen molar-refractivity contribution in [2.45, 2.75) is 58.9 Å². The van der Waals surface area contributed by atoms with Gasteiger partial charge in [-0.1, -0.05) is 30.3 Å². The Hall–Kier alpha value is -1.92. The molecule has 2 aliphatic heterocycles. The second kappa shape index (κ2) is 8.21. The molecule has 3 rings (SSSR count). The average molecular weight is 389 g/mol. The number of ether oxygens (including phenoxy) is 2. The van der Waals surface area contributed by atoms with Gasteiger partial charge >= 0.3 is 0 Å². The molecule has 6 nitrogen and oxygen atoms in total. The molecule has 28 heavy (non-hydrogen) atoms. The molecule has 2 aliphatic rings. The summed E-state index contributed by atoms with van der Waals surface area (Å²) in [7, 11) is 0. The Morgan fingerprint density at radius 1 is 1.11 bits per heavy atom. The number of hydrogen-bond acceptors (Lipinski definition) is 4. The van der Waals surface area contributed by atoms with Crippen molar-refractivity contribution in [3.63, 3.8) is 0 Å². The molecule has 1 spiro atoms. The summed E-state index contributed by atoms with van der Waals surface area (Å²) in [5, 5.41) is 0. The third-order valence-electron chi connectivity index (χ3n) is 5.78. The Bertz CT molecular complexity index is 686. The van der Waals surface area contributed by atoms with E-state index < -0.39 is 11.2 Å². The topological polar surface area (TPSA) is 59.1 Å². The van der Waals surface area contributed by atoms with Crippen LogP contribution < -0.4 is 0 Å². The van der Waals surface area contributed by atoms with Crippen LogP contribution in [0, 0.1) is 5.41 Å². The van der Waals surface area contributed by atoms with Gasteiger partial charge in [0.05, 0.1) is 13.2 Å². The monoisotopic (exact) mass is 388 g/mol. The Kier molecular flexibility index (Phi) is 6.10. The van der Waals surface area contributed by atoms with E-state index in [9.17, 15) is 9.59 Å². The number of rotatable bonds is 5. The summed E-state index contributed by atoms with van der Waals surface area (Å²) in [6, 6.07) is 9.90. The second-order valence-electron chi connectivity index (χ2n) is 8.54. The van der Waals surface area contributed by atoms with E-state index in [1.807, 2.05) is 44.2 Å². The Morgan fingerprint density at radius 3 is 2.21 bits per heavy atom. The van der Waals surface area contributed by atoms with E-state index in [4.69, 9.17) is 9.47 Å². The van der Waals surface area contributed by atoms with Gasteiger partial charge in [0.25, 0.3) is 0 Å². The molecular formula is C22H32N2O4. The van der Waals surface area contributed by atoms with Crippen molar-refractivity contribution in [3.05, 3.63) is 35.9 Å². The predicted molar refractivity (Wildman–Crippen MR) is 106 cm³/mol. The molecule has 0 aliphatic carbocycles. The van der Waals surface area contributed by atoms with E-state index >= 15 is 0 Å². The quantitative estimate of drug-likeness (QED) is 0.728. The maximum Gasteiger partial charge on any atom is 0.238 e. The van der Waals surface area contributed by atoms with Gasteiger partial charge in [-0.05, 0) is 33.3 Å². The van der Waals surface area contributed by atoms with Crippen molar-refractivity contribution in [2.24, 2.45) is 5.41 Å². The molecule has 0 N–H and O–H groups in total. The maximum atomic E-state index is 13.4. The molecular weight excluding hydrogens is 356 g/mol. The lowest BCUT2D eigenvalue weighted by atomic mass is 9.87. The van der Waals surface area contributed by atoms with Crippen LogP contribution in [-0.2, 0) is 25.6 Å². The summed E-state index contributed by atoms with van der Waals surface area (Å²) in [5.41, 5.74) is -0.0516. The number of carbonyl (C=O) groups is 2. The molecule has 0 radical (unpaired) electrons. The van der Waals surface area contributed by atoms with Crippen molar-refractivity contribution in [1.29, 1.82) is 0 Å². The molecule has 1 aromatic rings. The fraction of sp³-hybridized carbons (Fsp3) is 0.636. The predicted octanol–water partition coefficient (Wildman–Crippen LogP) is 2.82. The fourth-order valence-corrected chi connectivity index (χ4v) is 3.95. The first kappa shape index (κ1) is 20.8. The number of piperidine rings is 1. The molecule has 154 valence electrons. The number of benzene rings is 1. The van der Waals surface area contributed by atoms with Crippen LogP contribution in [0.5, 0.6) is 0 Å². The summed E-state index contributed by atoms with van der Waals surface area (Å²) in [4.78, 5) is 30.2. The van der Waals surface area contributed by atoms with Gasteiger partial charge in [0.15, 0.2) is 5.79 Å². The van der Waals surface area contributed by atoms with E-state index in [0.29, 0.717) is 45.7 Å². The molecule has 1 aromatic carbocycles. The summed E-state index contributed by atoms with van der Waals surface area (Å²) in [5.74, 6) is -0.781. The van der Waals surface area contributed by atoms with Gasteiger partial charge in [-0.3, -0.25) is 9.59 Å². The van der Waals surface area contributed by atoms with Crippen molar-refractivity contribution in [2.75, 3.05) is 26.3 Å². The first-order valence-electron chi connectivity index (χ1n) is 10.2. The smallest absolute Gasteiger partial charge is 0.238 e. The van der Waals surface area contributed by atoms with Gasteiger partial charge in [-0.25, -0.2) is 0 Å². The van der Waals surface area contributed by atoms with Crippen LogP contribution in [0.15, 0.2) is 30.3 Å². The van der Waals surface area contributed by atoms with Gasteiger partial charge in [0, 0.05) is 38.5 Å². The summed E-state index contributed by atoms with van der Waals surface area (Å²) < 4.78 is 11.5. The average Bonchev–Trinajstić information content (AvgIpc) is 3.14. The molecule has 0 bridgehead atoms. The lowest BCUT2D eigenvalue weighted by molar-refractivity contribution is -0.190. The van der Waals surface area contributed by atoms with Crippen LogP contribution in [0.4, 0.5) is 0 Å². The molecule has 0 aromatic heterocycles. The summed E-state index contributed by atoms with van der Waals surface area (Å²) >= 11 is 0. The van der Waals surface area contributed by atoms with E-state index in [1.165, 1.54) is 0 Å². The van der Waals surface area contributed by atoms with E-state index in [1.54, 1.807) is 23.6 Å². The molecule has 2 saturated heterocycles. The number of hydrogen-bond donors (Lipinski definition) is 0. The zero-order valence-corrected chi connectivity index (χ0v) is 17.4. The fourth-order valence-electron chi connectivity index (χ4n) is 3.95. The van der Waals surface area contributed by atoms with Gasteiger partial charge in [-0.2, -0.15) is 0 Å². The van der Waals surface area contributed by atoms with Crippen LogP contribution >= 0.6 is 0 Å². The lowest BCUT2D eigenvalue weighted by Gasteiger charge is -2.41. The second-order valence-corrected chi connectivity index (χ2v) is 8.54. The number of likely N-dealkylation sites (tertiary alicyclic amines) is 1. The first-order valence-corrected chi connectivity index (χ1v) is 10.2. The minimum atomic E-state index is -1.11. The molecule has 0 atom stereocenters. The van der Waals surface area contributed by atoms with Crippen LogP contribution in [0.25, 0.3) is 0 Å². The highest BCUT2D eigenvalue weighted by Gasteiger charge is 2.46. The minimum Gasteiger partial charge on any atom is -0.347 e. The largest absolute Gasteiger partial charge is 0.347 e. The van der Waals surface area contributed by atoms with Crippen LogP contribution in [0.1, 0.15) is 46.1 Å². The number of carbonyl (C=O) groups excluding carboxylic acids is 2. The number of nitrogens with zero attached hydrogens (tertiary/aromatic N) is 2. The first-order chi connectivity index (χ1) is 13.3. The molecule has 0 saturated carbocycles. The lowest BCUT2D eigenvalue weighted by Crippen LogP contribution is -2.55. The van der Waals surface area contributed by atoms with E-state index in [0.717, 1.165) is 5.56 Å². The van der Waals surface area contributed by atoms with E-state index in [2.05, 4.69) is 0 Å². The van der Waals surface area contributed by atoms with Crippen LogP contribution in [0.3, 0.4) is 0 Å². The highest BCUT2D eigenvalue weighted by Crippen LogP contribution is 2.33. The van der Waals surface area contributed by atoms with Gasteiger partial charge < -0.3 is 19.3 Å². The molecule has 6 heteroatoms. The minimum absolute atomic E-state index is 0.00435. The maximum absolute atomic E-state index is 13.4. The van der Waals surface area contributed by atoms with Crippen LogP contribution in [0.2, 0.25) is 0 Å². The third-order valence-corrected chi connectivity index (χ3v) is 5.78. The molecule has 2 fully saturated rings. The van der Waals surface area contributed by atoms with Crippen molar-refractivity contribution in [3.8, 4) is 0 Å². The van der Waals surface area contributed by atoms with Crippen molar-refractivity contribution < 1.29 is 19.1 Å². The zero-order chi connectivity index (χ0) is 20.4. The standard InChI is InChI=1S/C22H32N2O4/c1-17(2)24(16-18-8-6-5-7-9-18)20(26)21(3,4)19(25)23-12-10-22(11-13-23)27-14-15-28-22/h5-9,17H,10-16H2,1-4H3. The number of amides is 2.